The Labute approximate surface area is 126 Å². The predicted molar refractivity (Wildman–Crippen MR) is 81.3 cm³/mol. The fraction of sp³-hybridized carbons (Fsp3) is 0.562. The maximum absolute atomic E-state index is 11.9. The first-order valence-corrected chi connectivity index (χ1v) is 7.49. The average Bonchev–Trinajstić information content (AvgIpc) is 3.05. The summed E-state index contributed by atoms with van der Waals surface area (Å²) >= 11 is 0. The van der Waals surface area contributed by atoms with Crippen molar-refractivity contribution in [3.8, 4) is 5.75 Å². The van der Waals surface area contributed by atoms with E-state index in [0.29, 0.717) is 6.61 Å². The highest BCUT2D eigenvalue weighted by molar-refractivity contribution is 5.78. The van der Waals surface area contributed by atoms with Gasteiger partial charge in [-0.3, -0.25) is 4.79 Å². The maximum Gasteiger partial charge on any atom is 0.260 e. The minimum Gasteiger partial charge on any atom is -0.484 e. The summed E-state index contributed by atoms with van der Waals surface area (Å²) in [5, 5.41) is 3.28. The number of carbonyl (C=O) groups excluding carboxylic acids is 1. The summed E-state index contributed by atoms with van der Waals surface area (Å²) in [6.45, 7) is 4.21. The molecule has 1 aliphatic heterocycles. The van der Waals surface area contributed by atoms with Crippen LogP contribution in [0.5, 0.6) is 5.75 Å². The monoisotopic (exact) mass is 292 g/mol. The van der Waals surface area contributed by atoms with E-state index >= 15 is 0 Å². The smallest absolute Gasteiger partial charge is 0.260 e. The Morgan fingerprint density at radius 1 is 1.24 bits per heavy atom. The summed E-state index contributed by atoms with van der Waals surface area (Å²) in [5.41, 5.74) is 1.18. The molecule has 0 aliphatic carbocycles. The molecule has 1 amide bonds. The zero-order valence-corrected chi connectivity index (χ0v) is 12.6. The van der Waals surface area contributed by atoms with Gasteiger partial charge in [0.1, 0.15) is 5.75 Å². The highest BCUT2D eigenvalue weighted by atomic mass is 16.5. The summed E-state index contributed by atoms with van der Waals surface area (Å²) < 4.78 is 10.5. The van der Waals surface area contributed by atoms with E-state index in [1.54, 1.807) is 7.11 Å². The minimum absolute atomic E-state index is 0.0813. The van der Waals surface area contributed by atoms with Gasteiger partial charge in [0.2, 0.25) is 0 Å². The van der Waals surface area contributed by atoms with Crippen LogP contribution in [0, 0.1) is 0 Å². The number of amides is 1. The van der Waals surface area contributed by atoms with E-state index in [0.717, 1.165) is 44.8 Å². The summed E-state index contributed by atoms with van der Waals surface area (Å²) in [4.78, 5) is 13.7. The second-order valence-corrected chi connectivity index (χ2v) is 5.19. The molecular formula is C16H24N2O3. The molecule has 0 aromatic heterocycles. The number of carbonyl (C=O) groups is 1. The average molecular weight is 292 g/mol. The Bertz CT molecular complexity index is 428. The Kier molecular flexibility index (Phi) is 6.50. The quantitative estimate of drug-likeness (QED) is 0.736. The Balaban J connectivity index is 1.70. The first-order valence-electron chi connectivity index (χ1n) is 7.49. The summed E-state index contributed by atoms with van der Waals surface area (Å²) in [7, 11) is 1.69. The summed E-state index contributed by atoms with van der Waals surface area (Å²) in [6, 6.07) is 7.83. The SMILES string of the molecule is COCCNCc1ccc(OCC(=O)N2CCCC2)cc1. The number of ether oxygens (including phenoxy) is 2. The molecule has 1 saturated heterocycles. The van der Waals surface area contributed by atoms with Crippen molar-refractivity contribution in [1.82, 2.24) is 10.2 Å². The molecule has 1 fully saturated rings. The highest BCUT2D eigenvalue weighted by Gasteiger charge is 2.17. The molecule has 0 saturated carbocycles. The molecule has 0 bridgehead atoms. The Hall–Kier alpha value is -1.59. The highest BCUT2D eigenvalue weighted by Crippen LogP contribution is 2.13. The normalized spacial score (nSPS) is 14.4. The standard InChI is InChI=1S/C16H24N2O3/c1-20-11-8-17-12-14-4-6-15(7-5-14)21-13-16(19)18-9-2-3-10-18/h4-7,17H,2-3,8-13H2,1H3. The second-order valence-electron chi connectivity index (χ2n) is 5.19. The van der Waals surface area contributed by atoms with Gasteiger partial charge in [0.05, 0.1) is 6.61 Å². The Morgan fingerprint density at radius 2 is 1.95 bits per heavy atom. The molecule has 2 rings (SSSR count). The number of nitrogens with zero attached hydrogens (tertiary/aromatic N) is 1. The topological polar surface area (TPSA) is 50.8 Å². The number of hydrogen-bond donors (Lipinski definition) is 1. The third-order valence-corrected chi connectivity index (χ3v) is 3.56. The van der Waals surface area contributed by atoms with Gasteiger partial charge in [0.15, 0.2) is 6.61 Å². The number of benzene rings is 1. The van der Waals surface area contributed by atoms with E-state index in [1.165, 1.54) is 5.56 Å². The minimum atomic E-state index is 0.0813. The third kappa shape index (κ3) is 5.36. The van der Waals surface area contributed by atoms with Crippen LogP contribution in [0.15, 0.2) is 24.3 Å². The van der Waals surface area contributed by atoms with Crippen molar-refractivity contribution in [3.63, 3.8) is 0 Å². The number of rotatable bonds is 8. The first kappa shape index (κ1) is 15.8. The van der Waals surface area contributed by atoms with Crippen LogP contribution in [-0.4, -0.2) is 50.8 Å². The van der Waals surface area contributed by atoms with Crippen molar-refractivity contribution in [2.75, 3.05) is 40.0 Å². The van der Waals surface area contributed by atoms with Crippen molar-refractivity contribution in [2.45, 2.75) is 19.4 Å². The van der Waals surface area contributed by atoms with Crippen LogP contribution in [-0.2, 0) is 16.1 Å². The molecule has 0 radical (unpaired) electrons. The van der Waals surface area contributed by atoms with Crippen LogP contribution in [0.2, 0.25) is 0 Å². The number of nitrogens with one attached hydrogen (secondary N) is 1. The molecular weight excluding hydrogens is 268 g/mol. The van der Waals surface area contributed by atoms with Crippen molar-refractivity contribution in [2.24, 2.45) is 0 Å². The fourth-order valence-corrected chi connectivity index (χ4v) is 2.31. The van der Waals surface area contributed by atoms with E-state index in [4.69, 9.17) is 9.47 Å². The molecule has 1 N–H and O–H groups in total. The molecule has 1 aromatic carbocycles. The molecule has 21 heavy (non-hydrogen) atoms. The molecule has 1 aromatic rings. The predicted octanol–water partition coefficient (Wildman–Crippen LogP) is 1.42. The van der Waals surface area contributed by atoms with E-state index in [9.17, 15) is 4.79 Å². The number of likely N-dealkylation sites (tertiary alicyclic amines) is 1. The van der Waals surface area contributed by atoms with E-state index in [2.05, 4.69) is 5.32 Å². The van der Waals surface area contributed by atoms with Crippen LogP contribution in [0.4, 0.5) is 0 Å². The molecule has 5 nitrogen and oxygen atoms in total. The lowest BCUT2D eigenvalue weighted by atomic mass is 10.2. The van der Waals surface area contributed by atoms with Crippen LogP contribution < -0.4 is 10.1 Å². The van der Waals surface area contributed by atoms with Crippen LogP contribution in [0.1, 0.15) is 18.4 Å². The molecule has 0 atom stereocenters. The lowest BCUT2D eigenvalue weighted by molar-refractivity contribution is -0.132. The van der Waals surface area contributed by atoms with Crippen molar-refractivity contribution < 1.29 is 14.3 Å². The zero-order valence-electron chi connectivity index (χ0n) is 12.6. The Morgan fingerprint density at radius 3 is 2.62 bits per heavy atom. The van der Waals surface area contributed by atoms with Gasteiger partial charge in [-0.2, -0.15) is 0 Å². The third-order valence-electron chi connectivity index (χ3n) is 3.56. The van der Waals surface area contributed by atoms with Gasteiger partial charge in [-0.25, -0.2) is 0 Å². The van der Waals surface area contributed by atoms with Crippen LogP contribution in [0.25, 0.3) is 0 Å². The van der Waals surface area contributed by atoms with Crippen LogP contribution in [0.3, 0.4) is 0 Å². The lowest BCUT2D eigenvalue weighted by Gasteiger charge is -2.15. The second kappa shape index (κ2) is 8.64. The van der Waals surface area contributed by atoms with Gasteiger partial charge in [0, 0.05) is 33.3 Å². The largest absolute Gasteiger partial charge is 0.484 e. The van der Waals surface area contributed by atoms with Gasteiger partial charge in [-0.15, -0.1) is 0 Å². The van der Waals surface area contributed by atoms with Gasteiger partial charge < -0.3 is 19.7 Å². The summed E-state index contributed by atoms with van der Waals surface area (Å²) in [5.74, 6) is 0.820. The van der Waals surface area contributed by atoms with Crippen LogP contribution >= 0.6 is 0 Å². The number of hydrogen-bond acceptors (Lipinski definition) is 4. The zero-order chi connectivity index (χ0) is 14.9. The summed E-state index contributed by atoms with van der Waals surface area (Å²) in [6.07, 6.45) is 2.22. The first-order chi connectivity index (χ1) is 10.3. The molecule has 1 aliphatic rings. The fourth-order valence-electron chi connectivity index (χ4n) is 2.31. The van der Waals surface area contributed by atoms with Gasteiger partial charge in [-0.1, -0.05) is 12.1 Å². The van der Waals surface area contributed by atoms with E-state index < -0.39 is 0 Å². The van der Waals surface area contributed by atoms with Crippen molar-refractivity contribution in [3.05, 3.63) is 29.8 Å². The number of methoxy groups -OCH3 is 1. The van der Waals surface area contributed by atoms with Gasteiger partial charge in [-0.05, 0) is 30.5 Å². The van der Waals surface area contributed by atoms with Crippen molar-refractivity contribution >= 4 is 5.91 Å². The van der Waals surface area contributed by atoms with E-state index in [1.807, 2.05) is 29.2 Å². The van der Waals surface area contributed by atoms with E-state index in [-0.39, 0.29) is 12.5 Å². The molecule has 1 heterocycles. The van der Waals surface area contributed by atoms with Gasteiger partial charge >= 0.3 is 0 Å². The van der Waals surface area contributed by atoms with Crippen molar-refractivity contribution in [1.29, 1.82) is 0 Å². The molecule has 5 heteroatoms. The van der Waals surface area contributed by atoms with Gasteiger partial charge in [0.25, 0.3) is 5.91 Å². The molecule has 0 unspecified atom stereocenters. The molecule has 116 valence electrons. The lowest BCUT2D eigenvalue weighted by Crippen LogP contribution is -2.32. The maximum atomic E-state index is 11.9. The molecule has 0 spiro atoms.